The second kappa shape index (κ2) is 11.0. The fraction of sp³-hybridized carbons (Fsp3) is 0.375. The van der Waals surface area contributed by atoms with Gasteiger partial charge in [-0.3, -0.25) is 19.4 Å². The molecule has 1 aromatic rings. The number of ether oxygens (including phenoxy) is 1. The predicted molar refractivity (Wildman–Crippen MR) is 123 cm³/mol. The Balaban J connectivity index is 1.68. The largest absolute Gasteiger partial charge is 0.477 e. The molecule has 9 heteroatoms. The number of aromatic nitrogens is 1. The third-order valence-corrected chi connectivity index (χ3v) is 5.20. The molecule has 0 radical (unpaired) electrons. The topological polar surface area (TPSA) is 92.8 Å². The normalized spacial score (nSPS) is 19.9. The number of halogens is 1. The van der Waals surface area contributed by atoms with Gasteiger partial charge in [0.05, 0.1) is 30.7 Å². The molecule has 176 valence electrons. The molecule has 0 saturated heterocycles. The van der Waals surface area contributed by atoms with Crippen LogP contribution in [0.2, 0.25) is 0 Å². The Morgan fingerprint density at radius 1 is 1.42 bits per heavy atom. The number of nitrogens with zero attached hydrogens (tertiary/aromatic N) is 2. The fourth-order valence-electron chi connectivity index (χ4n) is 3.42. The number of allylic oxidation sites excluding steroid dienone is 3. The molecule has 3 rings (SSSR count). The van der Waals surface area contributed by atoms with Gasteiger partial charge >= 0.3 is 0 Å². The summed E-state index contributed by atoms with van der Waals surface area (Å²) >= 11 is 0. The molecule has 8 nitrogen and oxygen atoms in total. The second-order valence-corrected chi connectivity index (χ2v) is 7.67. The van der Waals surface area contributed by atoms with Crippen molar-refractivity contribution in [2.75, 3.05) is 25.5 Å². The van der Waals surface area contributed by atoms with Gasteiger partial charge in [-0.05, 0) is 38.0 Å². The number of carbonyl (C=O) groups excluding carboxylic acids is 2. The van der Waals surface area contributed by atoms with Crippen LogP contribution in [0.3, 0.4) is 0 Å². The molecule has 2 N–H and O–H groups in total. The molecule has 2 aliphatic rings. The highest BCUT2D eigenvalue weighted by Crippen LogP contribution is 2.30. The summed E-state index contributed by atoms with van der Waals surface area (Å²) in [7, 11) is 1.56. The van der Waals surface area contributed by atoms with Crippen molar-refractivity contribution in [2.45, 2.75) is 39.8 Å². The molecule has 0 bridgehead atoms. The van der Waals surface area contributed by atoms with Crippen molar-refractivity contribution in [3.05, 3.63) is 64.8 Å². The number of fused-ring (bicyclic) bond motifs is 1. The first-order chi connectivity index (χ1) is 15.8. The van der Waals surface area contributed by atoms with Crippen LogP contribution in [0.15, 0.2) is 59.1 Å². The first kappa shape index (κ1) is 24.3. The van der Waals surface area contributed by atoms with Crippen molar-refractivity contribution in [2.24, 2.45) is 0 Å². The molecule has 1 aromatic heterocycles. The van der Waals surface area contributed by atoms with Crippen LogP contribution in [0, 0.1) is 0 Å². The van der Waals surface area contributed by atoms with Gasteiger partial charge in [-0.25, -0.2) is 4.39 Å². The highest BCUT2D eigenvalue weighted by Gasteiger charge is 2.24. The SMILES string of the molecule is CC/C=C(/C=C\C(C1=CCN(Cc2cc3c(cn2)OC(C)C(=O)N3)OC1)=C(/C)F)C(=O)NC. The lowest BCUT2D eigenvalue weighted by Gasteiger charge is -2.27. The average Bonchev–Trinajstić information content (AvgIpc) is 2.79. The number of hydrogen-bond acceptors (Lipinski definition) is 6. The highest BCUT2D eigenvalue weighted by atomic mass is 19.1. The molecule has 0 spiro atoms. The van der Waals surface area contributed by atoms with Crippen LogP contribution in [0.4, 0.5) is 10.1 Å². The van der Waals surface area contributed by atoms with Gasteiger partial charge in [0.2, 0.25) is 0 Å². The summed E-state index contributed by atoms with van der Waals surface area (Å²) in [6, 6.07) is 1.75. The Kier molecular flexibility index (Phi) is 8.13. The molecule has 0 aliphatic carbocycles. The van der Waals surface area contributed by atoms with Gasteiger partial charge in [0, 0.05) is 24.7 Å². The van der Waals surface area contributed by atoms with Gasteiger partial charge in [0.25, 0.3) is 11.8 Å². The Labute approximate surface area is 192 Å². The highest BCUT2D eigenvalue weighted by molar-refractivity contribution is 5.97. The van der Waals surface area contributed by atoms with E-state index in [0.29, 0.717) is 53.4 Å². The molecule has 3 heterocycles. The van der Waals surface area contributed by atoms with Gasteiger partial charge in [0.15, 0.2) is 11.9 Å². The lowest BCUT2D eigenvalue weighted by atomic mass is 10.0. The monoisotopic (exact) mass is 456 g/mol. The minimum atomic E-state index is -0.556. The maximum Gasteiger partial charge on any atom is 0.265 e. The van der Waals surface area contributed by atoms with E-state index >= 15 is 0 Å². The number of rotatable bonds is 7. The maximum absolute atomic E-state index is 14.3. The van der Waals surface area contributed by atoms with Crippen LogP contribution in [-0.4, -0.2) is 48.2 Å². The number of amides is 2. The van der Waals surface area contributed by atoms with Crippen LogP contribution in [0.1, 0.15) is 32.9 Å². The van der Waals surface area contributed by atoms with Gasteiger partial charge in [0.1, 0.15) is 5.83 Å². The van der Waals surface area contributed by atoms with Gasteiger partial charge in [-0.15, -0.1) is 0 Å². The maximum atomic E-state index is 14.3. The van der Waals surface area contributed by atoms with Crippen LogP contribution >= 0.6 is 0 Å². The Bertz CT molecular complexity index is 1040. The molecule has 33 heavy (non-hydrogen) atoms. The molecule has 0 saturated carbocycles. The molecule has 0 fully saturated rings. The van der Waals surface area contributed by atoms with Crippen molar-refractivity contribution in [3.8, 4) is 5.75 Å². The summed E-state index contributed by atoms with van der Waals surface area (Å²) in [5.41, 5.74) is 2.83. The van der Waals surface area contributed by atoms with E-state index in [0.717, 1.165) is 0 Å². The molecular formula is C24H29FN4O4. The predicted octanol–water partition coefficient (Wildman–Crippen LogP) is 3.36. The van der Waals surface area contributed by atoms with Gasteiger partial charge in [-0.2, -0.15) is 5.06 Å². The van der Waals surface area contributed by atoms with E-state index in [1.165, 1.54) is 6.92 Å². The summed E-state index contributed by atoms with van der Waals surface area (Å²) in [5, 5.41) is 7.09. The van der Waals surface area contributed by atoms with E-state index in [9.17, 15) is 14.0 Å². The number of likely N-dealkylation sites (N-methyl/N-ethyl adjacent to an activating group) is 1. The van der Waals surface area contributed by atoms with E-state index in [2.05, 4.69) is 15.6 Å². The first-order valence-corrected chi connectivity index (χ1v) is 10.8. The quantitative estimate of drug-likeness (QED) is 0.483. The van der Waals surface area contributed by atoms with E-state index in [1.807, 2.05) is 13.0 Å². The zero-order chi connectivity index (χ0) is 24.0. The minimum Gasteiger partial charge on any atom is -0.477 e. The Hall–Kier alpha value is -3.30. The van der Waals surface area contributed by atoms with Crippen molar-refractivity contribution in [1.29, 1.82) is 0 Å². The smallest absolute Gasteiger partial charge is 0.265 e. The molecular weight excluding hydrogens is 427 g/mol. The fourth-order valence-corrected chi connectivity index (χ4v) is 3.42. The standard InChI is InChI=1S/C24H29FN4O4/c1-5-6-17(24(31)26-4)7-8-20(15(2)25)18-9-10-29(32-14-18)13-19-11-21-22(12-27-19)33-16(3)23(30)28-21/h6-9,11-12,16H,5,10,13-14H2,1-4H3,(H,26,31)(H,28,30)/b8-7-,17-6-,20-15-. The summed E-state index contributed by atoms with van der Waals surface area (Å²) in [6.45, 7) is 5.96. The zero-order valence-corrected chi connectivity index (χ0v) is 19.3. The molecule has 2 amide bonds. The third-order valence-electron chi connectivity index (χ3n) is 5.20. The molecule has 0 aromatic carbocycles. The molecule has 2 aliphatic heterocycles. The van der Waals surface area contributed by atoms with Gasteiger partial charge in [-0.1, -0.05) is 25.2 Å². The van der Waals surface area contributed by atoms with E-state index < -0.39 is 6.10 Å². The summed E-state index contributed by atoms with van der Waals surface area (Å²) in [6.07, 6.45) is 8.60. The molecule has 1 unspecified atom stereocenters. The number of hydrogen-bond donors (Lipinski definition) is 2. The van der Waals surface area contributed by atoms with Crippen LogP contribution in [0.25, 0.3) is 0 Å². The average molecular weight is 457 g/mol. The number of carbonyl (C=O) groups is 2. The van der Waals surface area contributed by atoms with Crippen molar-refractivity contribution >= 4 is 17.5 Å². The lowest BCUT2D eigenvalue weighted by molar-refractivity contribution is -0.157. The zero-order valence-electron chi connectivity index (χ0n) is 19.3. The summed E-state index contributed by atoms with van der Waals surface area (Å²) in [5.74, 6) is -0.258. The molecule has 1 atom stereocenters. The second-order valence-electron chi connectivity index (χ2n) is 7.67. The van der Waals surface area contributed by atoms with Crippen LogP contribution < -0.4 is 15.4 Å². The van der Waals surface area contributed by atoms with E-state index in [1.54, 1.807) is 49.5 Å². The number of hydroxylamine groups is 2. The summed E-state index contributed by atoms with van der Waals surface area (Å²) in [4.78, 5) is 34.0. The van der Waals surface area contributed by atoms with Crippen LogP contribution in [-0.2, 0) is 21.0 Å². The van der Waals surface area contributed by atoms with E-state index in [4.69, 9.17) is 9.57 Å². The van der Waals surface area contributed by atoms with Crippen molar-refractivity contribution in [1.82, 2.24) is 15.4 Å². The Morgan fingerprint density at radius 2 is 2.21 bits per heavy atom. The summed E-state index contributed by atoms with van der Waals surface area (Å²) < 4.78 is 19.8. The van der Waals surface area contributed by atoms with E-state index in [-0.39, 0.29) is 24.2 Å². The number of nitrogens with one attached hydrogen (secondary N) is 2. The van der Waals surface area contributed by atoms with Crippen molar-refractivity contribution in [3.63, 3.8) is 0 Å². The number of pyridine rings is 1. The first-order valence-electron chi connectivity index (χ1n) is 10.8. The minimum absolute atomic E-state index is 0.177. The van der Waals surface area contributed by atoms with Crippen molar-refractivity contribution < 1.29 is 23.6 Å². The third kappa shape index (κ3) is 6.15. The van der Waals surface area contributed by atoms with Gasteiger partial charge < -0.3 is 15.4 Å². The Morgan fingerprint density at radius 3 is 2.85 bits per heavy atom. The lowest BCUT2D eigenvalue weighted by Crippen LogP contribution is -2.34. The number of anilines is 1. The van der Waals surface area contributed by atoms with Crippen LogP contribution in [0.5, 0.6) is 5.75 Å².